The van der Waals surface area contributed by atoms with Crippen molar-refractivity contribution < 1.29 is 40.9 Å². The molecule has 13 nitrogen and oxygen atoms in total. The molecule has 1 aromatic carbocycles. The van der Waals surface area contributed by atoms with Gasteiger partial charge in [-0.15, -0.1) is 0 Å². The van der Waals surface area contributed by atoms with Crippen molar-refractivity contribution in [3.05, 3.63) is 60.2 Å². The van der Waals surface area contributed by atoms with Gasteiger partial charge < -0.3 is 24.1 Å². The van der Waals surface area contributed by atoms with Gasteiger partial charge in [0.05, 0.1) is 21.3 Å². The number of aromatic nitrogens is 5. The minimum atomic E-state index is -4.72. The normalized spacial score (nSPS) is 12.0. The summed E-state index contributed by atoms with van der Waals surface area (Å²) in [6, 6.07) is 6.86. The quantitative estimate of drug-likeness (QED) is 0.280. The van der Waals surface area contributed by atoms with Crippen molar-refractivity contribution >= 4 is 28.8 Å². The molecule has 4 rings (SSSR count). The number of carbonyl (C=O) groups excluding carboxylic acids is 1. The highest BCUT2D eigenvalue weighted by atomic mass is 32.2. The minimum absolute atomic E-state index is 0.0284. The molecule has 210 valence electrons. The number of rotatable bonds is 9. The lowest BCUT2D eigenvalue weighted by Gasteiger charge is -2.14. The van der Waals surface area contributed by atoms with E-state index < -0.39 is 29.0 Å². The van der Waals surface area contributed by atoms with Crippen LogP contribution < -0.4 is 24.2 Å². The van der Waals surface area contributed by atoms with Crippen LogP contribution in [0.25, 0.3) is 16.9 Å². The van der Waals surface area contributed by atoms with Crippen molar-refractivity contribution in [2.24, 2.45) is 0 Å². The molecule has 0 saturated heterocycles. The molecule has 0 spiro atoms. The molecular formula is C23H19F3N7O6S-. The van der Waals surface area contributed by atoms with Crippen molar-refractivity contribution in [1.29, 1.82) is 0 Å². The molecular weight excluding hydrogens is 559 g/mol. The molecule has 3 heterocycles. The van der Waals surface area contributed by atoms with E-state index in [0.29, 0.717) is 17.2 Å². The van der Waals surface area contributed by atoms with Gasteiger partial charge in [-0.1, -0.05) is 0 Å². The third-order valence-electron chi connectivity index (χ3n) is 5.25. The van der Waals surface area contributed by atoms with Crippen molar-refractivity contribution in [3.63, 3.8) is 0 Å². The Labute approximate surface area is 226 Å². The number of benzene rings is 1. The Balaban J connectivity index is 1.84. The molecule has 1 atom stereocenters. The van der Waals surface area contributed by atoms with Gasteiger partial charge in [-0.25, -0.2) is 14.6 Å². The highest BCUT2D eigenvalue weighted by molar-refractivity contribution is 7.77. The number of hydrogen-bond acceptors (Lipinski definition) is 11. The molecule has 4 aromatic rings. The second-order valence-electron chi connectivity index (χ2n) is 7.75. The van der Waals surface area contributed by atoms with Crippen LogP contribution in [0.4, 0.5) is 24.8 Å². The summed E-state index contributed by atoms with van der Waals surface area (Å²) >= 11 is -2.93. The van der Waals surface area contributed by atoms with Gasteiger partial charge in [0.2, 0.25) is 11.8 Å². The predicted molar refractivity (Wildman–Crippen MR) is 133 cm³/mol. The van der Waals surface area contributed by atoms with Crippen LogP contribution in [0.2, 0.25) is 0 Å². The minimum Gasteiger partial charge on any atom is -0.755 e. The fourth-order valence-electron chi connectivity index (χ4n) is 3.47. The molecule has 0 bridgehead atoms. The molecule has 1 unspecified atom stereocenters. The Morgan fingerprint density at radius 1 is 1.02 bits per heavy atom. The smallest absolute Gasteiger partial charge is 0.435 e. The lowest BCUT2D eigenvalue weighted by atomic mass is 10.1. The molecule has 3 aromatic heterocycles. The van der Waals surface area contributed by atoms with E-state index in [1.54, 1.807) is 22.9 Å². The number of ether oxygens (including phenoxy) is 3. The number of halogens is 3. The Morgan fingerprint density at radius 2 is 1.73 bits per heavy atom. The maximum Gasteiger partial charge on any atom is 0.435 e. The first-order chi connectivity index (χ1) is 19.0. The molecule has 40 heavy (non-hydrogen) atoms. The van der Waals surface area contributed by atoms with Crippen molar-refractivity contribution in [2.75, 3.05) is 26.6 Å². The van der Waals surface area contributed by atoms with Crippen LogP contribution in [-0.2, 0) is 17.4 Å². The van der Waals surface area contributed by atoms with Crippen LogP contribution in [0, 0.1) is 0 Å². The van der Waals surface area contributed by atoms with E-state index in [9.17, 15) is 26.7 Å². The Kier molecular flexibility index (Phi) is 8.15. The second-order valence-corrected chi connectivity index (χ2v) is 8.42. The van der Waals surface area contributed by atoms with Crippen LogP contribution in [0.5, 0.6) is 17.4 Å². The van der Waals surface area contributed by atoms with Gasteiger partial charge in [-0.05, 0) is 12.1 Å². The van der Waals surface area contributed by atoms with E-state index in [1.165, 1.54) is 39.8 Å². The number of hydrogen-bond donors (Lipinski definition) is 2. The maximum atomic E-state index is 13.3. The first-order valence-corrected chi connectivity index (χ1v) is 12.0. The number of pyridine rings is 1. The summed E-state index contributed by atoms with van der Waals surface area (Å²) in [7, 11) is 4.14. The van der Waals surface area contributed by atoms with Crippen LogP contribution in [0.3, 0.4) is 0 Å². The van der Waals surface area contributed by atoms with Gasteiger partial charge in [0, 0.05) is 64.9 Å². The fourth-order valence-corrected chi connectivity index (χ4v) is 3.73. The Hall–Kier alpha value is -4.77. The van der Waals surface area contributed by atoms with Crippen molar-refractivity contribution in [3.8, 4) is 34.3 Å². The van der Waals surface area contributed by atoms with Crippen LogP contribution in [0.1, 0.15) is 16.1 Å². The number of amides is 1. The van der Waals surface area contributed by atoms with Gasteiger partial charge in [0.25, 0.3) is 5.91 Å². The molecule has 17 heteroatoms. The van der Waals surface area contributed by atoms with E-state index in [4.69, 9.17) is 14.2 Å². The summed E-state index contributed by atoms with van der Waals surface area (Å²) in [5, 5.41) is 6.53. The van der Waals surface area contributed by atoms with Crippen LogP contribution >= 0.6 is 0 Å². The standard InChI is InChI=1S/C23H20F3N7O6S/c1-37-14-7-13(8-15(9-14)38-2)29-22-28-11-17(19(30-22)33-5-4-18(31-33)23(24,25)26)12-6-16(20(34)32-40(35)36)21(39-3)27-10-12/h4-11H,1-3H3,(H,32,34)(H,35,36)(H,28,29,30)/p-1. The van der Waals surface area contributed by atoms with E-state index in [2.05, 4.69) is 25.4 Å². The number of nitrogens with zero attached hydrogens (tertiary/aromatic N) is 5. The molecule has 2 N–H and O–H groups in total. The lowest BCUT2D eigenvalue weighted by Crippen LogP contribution is -2.26. The van der Waals surface area contributed by atoms with Gasteiger partial charge >= 0.3 is 6.18 Å². The zero-order valence-electron chi connectivity index (χ0n) is 20.8. The molecule has 0 radical (unpaired) electrons. The molecule has 0 aliphatic rings. The first kappa shape index (κ1) is 28.2. The summed E-state index contributed by atoms with van der Waals surface area (Å²) in [6.07, 6.45) is -1.15. The van der Waals surface area contributed by atoms with E-state index in [-0.39, 0.29) is 34.3 Å². The summed E-state index contributed by atoms with van der Waals surface area (Å²) in [5.41, 5.74) is -0.733. The highest BCUT2D eigenvalue weighted by Crippen LogP contribution is 2.32. The fraction of sp³-hybridized carbons (Fsp3) is 0.174. The largest absolute Gasteiger partial charge is 0.755 e. The number of anilines is 2. The summed E-state index contributed by atoms with van der Waals surface area (Å²) in [4.78, 5) is 25.0. The average Bonchev–Trinajstić information content (AvgIpc) is 3.43. The van der Waals surface area contributed by atoms with E-state index >= 15 is 0 Å². The first-order valence-electron chi connectivity index (χ1n) is 11.0. The van der Waals surface area contributed by atoms with Gasteiger partial charge in [0.15, 0.2) is 11.5 Å². The number of methoxy groups -OCH3 is 3. The molecule has 0 saturated carbocycles. The van der Waals surface area contributed by atoms with Crippen LogP contribution in [-0.4, -0.2) is 60.7 Å². The maximum absolute atomic E-state index is 13.3. The number of carbonyl (C=O) groups is 1. The van der Waals surface area contributed by atoms with E-state index in [0.717, 1.165) is 16.9 Å². The third-order valence-corrected chi connectivity index (χ3v) is 5.60. The summed E-state index contributed by atoms with van der Waals surface area (Å²) in [6.45, 7) is 0. The monoisotopic (exact) mass is 578 g/mol. The van der Waals surface area contributed by atoms with Crippen molar-refractivity contribution in [1.82, 2.24) is 29.5 Å². The molecule has 0 fully saturated rings. The lowest BCUT2D eigenvalue weighted by molar-refractivity contribution is -0.141. The summed E-state index contributed by atoms with van der Waals surface area (Å²) < 4.78 is 80.0. The summed E-state index contributed by atoms with van der Waals surface area (Å²) in [5.74, 6) is -0.485. The Bertz CT molecular complexity index is 1560. The number of nitrogens with one attached hydrogen (secondary N) is 2. The predicted octanol–water partition coefficient (Wildman–Crippen LogP) is 3.04. The van der Waals surface area contributed by atoms with Gasteiger partial charge in [-0.3, -0.25) is 13.7 Å². The average molecular weight is 579 g/mol. The zero-order valence-corrected chi connectivity index (χ0v) is 21.7. The SMILES string of the molecule is COc1cc(Nc2ncc(-c3cnc(OC)c(C(=O)NS(=O)[O-])c3)c(-n3ccc(C(F)(F)F)n3)n2)cc(OC)c1. The topological polar surface area (TPSA) is 165 Å². The van der Waals surface area contributed by atoms with Crippen LogP contribution in [0.15, 0.2) is 48.9 Å². The van der Waals surface area contributed by atoms with Gasteiger partial charge in [-0.2, -0.15) is 23.3 Å². The van der Waals surface area contributed by atoms with E-state index in [1.807, 2.05) is 0 Å². The third kappa shape index (κ3) is 6.26. The molecule has 0 aliphatic heterocycles. The number of alkyl halides is 3. The van der Waals surface area contributed by atoms with Gasteiger partial charge in [0.1, 0.15) is 17.1 Å². The Morgan fingerprint density at radius 3 is 2.30 bits per heavy atom. The zero-order chi connectivity index (χ0) is 29.0. The second kappa shape index (κ2) is 11.5. The molecule has 0 aliphatic carbocycles. The highest BCUT2D eigenvalue weighted by Gasteiger charge is 2.34. The van der Waals surface area contributed by atoms with Crippen molar-refractivity contribution in [2.45, 2.75) is 6.18 Å². The molecule has 1 amide bonds.